The largest absolute Gasteiger partial charge is 0.361 e. The second kappa shape index (κ2) is 12.7. The van der Waals surface area contributed by atoms with Crippen LogP contribution in [0, 0.1) is 19.7 Å². The maximum absolute atomic E-state index is 14.2. The molecule has 2 aromatic rings. The number of rotatable bonds is 9. The van der Waals surface area contributed by atoms with Gasteiger partial charge in [0.15, 0.2) is 5.69 Å². The van der Waals surface area contributed by atoms with Gasteiger partial charge < -0.3 is 25.0 Å². The summed E-state index contributed by atoms with van der Waals surface area (Å²) in [5.41, 5.74) is 1.06. The molecule has 1 unspecified atom stereocenters. The molecule has 206 valence electrons. The van der Waals surface area contributed by atoms with E-state index in [-0.39, 0.29) is 30.6 Å². The van der Waals surface area contributed by atoms with Crippen LogP contribution in [0.3, 0.4) is 0 Å². The van der Waals surface area contributed by atoms with Gasteiger partial charge in [-0.2, -0.15) is 0 Å². The second-order valence-corrected chi connectivity index (χ2v) is 9.92. The zero-order valence-corrected chi connectivity index (χ0v) is 22.5. The molecule has 3 rings (SSSR count). The normalized spacial score (nSPS) is 16.9. The van der Waals surface area contributed by atoms with Crippen molar-refractivity contribution >= 4 is 23.6 Å². The fourth-order valence-corrected chi connectivity index (χ4v) is 4.40. The predicted molar refractivity (Wildman–Crippen MR) is 137 cm³/mol. The summed E-state index contributed by atoms with van der Waals surface area (Å²) in [5.74, 6) is -2.05. The van der Waals surface area contributed by atoms with E-state index >= 15 is 0 Å². The van der Waals surface area contributed by atoms with Gasteiger partial charge in [-0.25, -0.2) is 4.39 Å². The molecule has 0 aliphatic carbocycles. The van der Waals surface area contributed by atoms with Gasteiger partial charge in [0.05, 0.1) is 6.42 Å². The Kier molecular flexibility index (Phi) is 9.60. The van der Waals surface area contributed by atoms with Crippen molar-refractivity contribution in [3.05, 3.63) is 52.7 Å². The SMILES string of the molecule is Cc1ccc(CNC(=O)[C@H](C)N(C)C(=O)[C@H](CC(=O)N2CCCCC2C)NC(=O)c2cc(C)on2)c(F)c1. The maximum atomic E-state index is 14.2. The molecule has 38 heavy (non-hydrogen) atoms. The van der Waals surface area contributed by atoms with Gasteiger partial charge in [-0.3, -0.25) is 19.2 Å². The molecule has 1 aromatic carbocycles. The standard InChI is InChI=1S/C27H36FN5O5/c1-16-9-10-20(21(28)12-16)15-29-25(35)19(4)32(5)27(37)23(30-26(36)22-13-18(3)38-31-22)14-24(34)33-11-7-6-8-17(33)2/h9-10,12-13,17,19,23H,6-8,11,14-15H2,1-5H3,(H,29,35)(H,30,36)/t17?,19-,23-/m0/s1. The van der Waals surface area contributed by atoms with Crippen LogP contribution in [-0.4, -0.2) is 70.3 Å². The highest BCUT2D eigenvalue weighted by Crippen LogP contribution is 2.19. The number of piperidine rings is 1. The van der Waals surface area contributed by atoms with Crippen molar-refractivity contribution in [3.8, 4) is 0 Å². The number of aryl methyl sites for hydroxylation is 2. The lowest BCUT2D eigenvalue weighted by molar-refractivity contribution is -0.143. The van der Waals surface area contributed by atoms with Crippen LogP contribution in [0.25, 0.3) is 0 Å². The number of hydrogen-bond acceptors (Lipinski definition) is 6. The number of aromatic nitrogens is 1. The summed E-state index contributed by atoms with van der Waals surface area (Å²) in [7, 11) is 1.42. The molecule has 2 N–H and O–H groups in total. The molecule has 0 spiro atoms. The lowest BCUT2D eigenvalue weighted by Crippen LogP contribution is -2.55. The number of carbonyl (C=O) groups is 4. The van der Waals surface area contributed by atoms with E-state index < -0.39 is 35.6 Å². The molecule has 0 bridgehead atoms. The Labute approximate surface area is 221 Å². The van der Waals surface area contributed by atoms with E-state index in [0.29, 0.717) is 17.9 Å². The highest BCUT2D eigenvalue weighted by Gasteiger charge is 2.34. The van der Waals surface area contributed by atoms with E-state index in [1.165, 1.54) is 31.0 Å². The maximum Gasteiger partial charge on any atom is 0.274 e. The van der Waals surface area contributed by atoms with Gasteiger partial charge in [-0.05, 0) is 58.6 Å². The number of carbonyl (C=O) groups excluding carboxylic acids is 4. The summed E-state index contributed by atoms with van der Waals surface area (Å²) in [6, 6.07) is 4.00. The molecule has 1 fully saturated rings. The van der Waals surface area contributed by atoms with Crippen LogP contribution >= 0.6 is 0 Å². The molecule has 1 saturated heterocycles. The number of nitrogens with zero attached hydrogens (tertiary/aromatic N) is 3. The second-order valence-electron chi connectivity index (χ2n) is 9.92. The zero-order valence-electron chi connectivity index (χ0n) is 22.5. The molecule has 1 aromatic heterocycles. The first kappa shape index (κ1) is 28.8. The van der Waals surface area contributed by atoms with Crippen molar-refractivity contribution in [1.29, 1.82) is 0 Å². The van der Waals surface area contributed by atoms with Gasteiger partial charge in [0.2, 0.25) is 17.7 Å². The molecule has 1 aliphatic rings. The Hall–Kier alpha value is -3.76. The molecule has 3 atom stereocenters. The molecule has 10 nitrogen and oxygen atoms in total. The van der Waals surface area contributed by atoms with Crippen LogP contribution in [0.15, 0.2) is 28.8 Å². The lowest BCUT2D eigenvalue weighted by atomic mass is 10.0. The van der Waals surface area contributed by atoms with Gasteiger partial charge >= 0.3 is 0 Å². The van der Waals surface area contributed by atoms with Crippen LogP contribution in [-0.2, 0) is 20.9 Å². The third kappa shape index (κ3) is 7.17. The number of halogens is 1. The van der Waals surface area contributed by atoms with Crippen LogP contribution in [0.2, 0.25) is 0 Å². The number of nitrogens with one attached hydrogen (secondary N) is 2. The minimum absolute atomic E-state index is 0.0207. The Morgan fingerprint density at radius 2 is 1.95 bits per heavy atom. The van der Waals surface area contributed by atoms with Crippen molar-refractivity contribution in [2.24, 2.45) is 0 Å². The van der Waals surface area contributed by atoms with Crippen molar-refractivity contribution in [1.82, 2.24) is 25.6 Å². The fourth-order valence-electron chi connectivity index (χ4n) is 4.40. The van der Waals surface area contributed by atoms with Gasteiger partial charge in [0.1, 0.15) is 23.7 Å². The average Bonchev–Trinajstić information content (AvgIpc) is 3.32. The van der Waals surface area contributed by atoms with Crippen molar-refractivity contribution < 1.29 is 28.1 Å². The minimum Gasteiger partial charge on any atom is -0.361 e. The lowest BCUT2D eigenvalue weighted by Gasteiger charge is -2.35. The van der Waals surface area contributed by atoms with Crippen molar-refractivity contribution in [2.45, 2.75) is 78.0 Å². The molecule has 1 aliphatic heterocycles. The number of likely N-dealkylation sites (tertiary alicyclic amines) is 1. The van der Waals surface area contributed by atoms with Crippen molar-refractivity contribution in [2.75, 3.05) is 13.6 Å². The van der Waals surface area contributed by atoms with Gasteiger partial charge in [0, 0.05) is 37.8 Å². The smallest absolute Gasteiger partial charge is 0.274 e. The zero-order chi connectivity index (χ0) is 28.0. The van der Waals surface area contributed by atoms with E-state index in [9.17, 15) is 23.6 Å². The Balaban J connectivity index is 1.71. The average molecular weight is 530 g/mol. The van der Waals surface area contributed by atoms with Crippen LogP contribution in [0.1, 0.15) is 66.9 Å². The summed E-state index contributed by atoms with van der Waals surface area (Å²) >= 11 is 0. The Bertz CT molecular complexity index is 1180. The van der Waals surface area contributed by atoms with Gasteiger partial charge in [-0.15, -0.1) is 0 Å². The van der Waals surface area contributed by atoms with Crippen molar-refractivity contribution in [3.63, 3.8) is 0 Å². The molecular weight excluding hydrogens is 493 g/mol. The van der Waals surface area contributed by atoms with E-state index in [2.05, 4.69) is 15.8 Å². The minimum atomic E-state index is -1.23. The van der Waals surface area contributed by atoms with E-state index in [4.69, 9.17) is 4.52 Å². The first-order valence-electron chi connectivity index (χ1n) is 12.8. The van der Waals surface area contributed by atoms with Gasteiger partial charge in [0.25, 0.3) is 5.91 Å². The monoisotopic (exact) mass is 529 g/mol. The summed E-state index contributed by atoms with van der Waals surface area (Å²) in [6.45, 7) is 7.41. The first-order valence-corrected chi connectivity index (χ1v) is 12.8. The first-order chi connectivity index (χ1) is 18.0. The Morgan fingerprint density at radius 1 is 1.21 bits per heavy atom. The quantitative estimate of drug-likeness (QED) is 0.514. The molecule has 0 radical (unpaired) electrons. The summed E-state index contributed by atoms with van der Waals surface area (Å²) in [5, 5.41) is 8.92. The number of amides is 4. The van der Waals surface area contributed by atoms with Gasteiger partial charge in [-0.1, -0.05) is 17.3 Å². The van der Waals surface area contributed by atoms with Crippen LogP contribution in [0.5, 0.6) is 0 Å². The molecule has 0 saturated carbocycles. The van der Waals surface area contributed by atoms with Crippen LogP contribution in [0.4, 0.5) is 4.39 Å². The molecule has 4 amide bonds. The number of benzene rings is 1. The summed E-state index contributed by atoms with van der Waals surface area (Å²) in [4.78, 5) is 55.1. The van der Waals surface area contributed by atoms with Crippen LogP contribution < -0.4 is 10.6 Å². The van der Waals surface area contributed by atoms with E-state index in [1.807, 2.05) is 6.92 Å². The molecular formula is C27H36FN5O5. The molecule has 2 heterocycles. The van der Waals surface area contributed by atoms with E-state index in [1.54, 1.807) is 30.9 Å². The predicted octanol–water partition coefficient (Wildman–Crippen LogP) is 2.48. The topological polar surface area (TPSA) is 125 Å². The summed E-state index contributed by atoms with van der Waals surface area (Å²) in [6.07, 6.45) is 2.50. The highest BCUT2D eigenvalue weighted by atomic mass is 19.1. The number of likely N-dealkylation sites (N-methyl/N-ethyl adjacent to an activating group) is 1. The third-order valence-electron chi connectivity index (χ3n) is 6.94. The Morgan fingerprint density at radius 3 is 2.58 bits per heavy atom. The fraction of sp³-hybridized carbons (Fsp3) is 0.519. The highest BCUT2D eigenvalue weighted by molar-refractivity contribution is 5.98. The van der Waals surface area contributed by atoms with E-state index in [0.717, 1.165) is 24.8 Å². The third-order valence-corrected chi connectivity index (χ3v) is 6.94. The summed E-state index contributed by atoms with van der Waals surface area (Å²) < 4.78 is 19.1. The molecule has 11 heteroatoms. The number of hydrogen-bond donors (Lipinski definition) is 2.